The van der Waals surface area contributed by atoms with Gasteiger partial charge in [-0.15, -0.1) is 0 Å². The molecule has 2 rings (SSSR count). The molecule has 1 aromatic carbocycles. The molecule has 14 heavy (non-hydrogen) atoms. The largest absolute Gasteiger partial charge is 0.359 e. The molecule has 0 amide bonds. The number of hydrogen-bond acceptors (Lipinski definition) is 1. The number of aromatic nitrogens is 1. The number of carbonyl (C=O) groups excluding carboxylic acids is 1. The van der Waals surface area contributed by atoms with Crippen molar-refractivity contribution >= 4 is 5.78 Å². The number of aromatic amines is 1. The Morgan fingerprint density at radius 3 is 2.64 bits per heavy atom. The van der Waals surface area contributed by atoms with E-state index in [4.69, 9.17) is 0 Å². The second-order valence-electron chi connectivity index (χ2n) is 3.10. The summed E-state index contributed by atoms with van der Waals surface area (Å²) in [5.74, 6) is 0.0949. The lowest BCUT2D eigenvalue weighted by atomic mass is 10.1. The van der Waals surface area contributed by atoms with Gasteiger partial charge in [0, 0.05) is 18.2 Å². The number of rotatable bonds is 3. The first-order valence-corrected chi connectivity index (χ1v) is 4.48. The van der Waals surface area contributed by atoms with Crippen molar-refractivity contribution in [3.63, 3.8) is 0 Å². The second kappa shape index (κ2) is 3.92. The van der Waals surface area contributed by atoms with E-state index in [2.05, 4.69) is 11.2 Å². The molecule has 0 aliphatic carbocycles. The Labute approximate surface area is 82.6 Å². The van der Waals surface area contributed by atoms with E-state index in [1.54, 1.807) is 12.3 Å². The normalized spacial score (nSPS) is 10.0. The van der Waals surface area contributed by atoms with Crippen molar-refractivity contribution in [3.8, 4) is 0 Å². The minimum absolute atomic E-state index is 0.0949. The standard InChI is InChI=1S/C12H10NO/c14-12(11-6-7-13-9-11)8-10-4-2-1-3-5-10/h1-7,13H,8H2. The highest BCUT2D eigenvalue weighted by Gasteiger charge is 2.06. The molecular formula is C12H10NO. The van der Waals surface area contributed by atoms with Gasteiger partial charge in [-0.1, -0.05) is 30.3 Å². The SMILES string of the molecule is O=C(Cc1ccccc1)c1[c][nH]cc1. The Bertz CT molecular complexity index is 403. The van der Waals surface area contributed by atoms with Crippen LogP contribution in [0.1, 0.15) is 15.9 Å². The van der Waals surface area contributed by atoms with E-state index in [1.807, 2.05) is 30.3 Å². The van der Waals surface area contributed by atoms with Crippen molar-refractivity contribution in [2.75, 3.05) is 0 Å². The fourth-order valence-corrected chi connectivity index (χ4v) is 1.33. The van der Waals surface area contributed by atoms with Gasteiger partial charge in [0.05, 0.1) is 6.20 Å². The smallest absolute Gasteiger partial charge is 0.169 e. The van der Waals surface area contributed by atoms with Gasteiger partial charge < -0.3 is 4.98 Å². The maximum atomic E-state index is 11.6. The minimum Gasteiger partial charge on any atom is -0.359 e. The molecule has 0 spiro atoms. The highest BCUT2D eigenvalue weighted by molar-refractivity contribution is 5.97. The van der Waals surface area contributed by atoms with Gasteiger partial charge in [0.2, 0.25) is 0 Å². The Morgan fingerprint density at radius 2 is 2.00 bits per heavy atom. The Balaban J connectivity index is 2.10. The number of H-pyrrole nitrogens is 1. The maximum Gasteiger partial charge on any atom is 0.169 e. The molecule has 0 fully saturated rings. The predicted molar refractivity (Wildman–Crippen MR) is 54.1 cm³/mol. The summed E-state index contributed by atoms with van der Waals surface area (Å²) in [5, 5.41) is 0. The fraction of sp³-hybridized carbons (Fsp3) is 0.0833. The zero-order chi connectivity index (χ0) is 9.80. The summed E-state index contributed by atoms with van der Waals surface area (Å²) < 4.78 is 0. The summed E-state index contributed by atoms with van der Waals surface area (Å²) in [4.78, 5) is 14.4. The first kappa shape index (κ1) is 8.75. The number of Topliss-reactive ketones (excluding diaryl/α,β-unsaturated/α-hetero) is 1. The van der Waals surface area contributed by atoms with E-state index in [1.165, 1.54) is 0 Å². The van der Waals surface area contributed by atoms with Crippen LogP contribution in [0.5, 0.6) is 0 Å². The Kier molecular flexibility index (Phi) is 2.45. The number of nitrogens with one attached hydrogen (secondary N) is 1. The minimum atomic E-state index is 0.0949. The molecule has 0 bridgehead atoms. The van der Waals surface area contributed by atoms with Gasteiger partial charge in [-0.2, -0.15) is 0 Å². The number of carbonyl (C=O) groups is 1. The molecule has 0 atom stereocenters. The number of ketones is 1. The van der Waals surface area contributed by atoms with E-state index >= 15 is 0 Å². The Hall–Kier alpha value is -1.83. The number of benzene rings is 1. The van der Waals surface area contributed by atoms with Crippen molar-refractivity contribution in [2.24, 2.45) is 0 Å². The monoisotopic (exact) mass is 184 g/mol. The summed E-state index contributed by atoms with van der Waals surface area (Å²) in [6.45, 7) is 0. The molecule has 0 aliphatic heterocycles. The molecule has 1 heterocycles. The van der Waals surface area contributed by atoms with E-state index < -0.39 is 0 Å². The van der Waals surface area contributed by atoms with Gasteiger partial charge in [0.25, 0.3) is 0 Å². The van der Waals surface area contributed by atoms with Crippen LogP contribution in [0, 0.1) is 6.20 Å². The van der Waals surface area contributed by atoms with E-state index in [0.29, 0.717) is 12.0 Å². The van der Waals surface area contributed by atoms with Crippen LogP contribution in [0.3, 0.4) is 0 Å². The van der Waals surface area contributed by atoms with Gasteiger partial charge in [0.15, 0.2) is 5.78 Å². The lowest BCUT2D eigenvalue weighted by Crippen LogP contribution is -2.01. The molecular weight excluding hydrogens is 174 g/mol. The topological polar surface area (TPSA) is 32.9 Å². The summed E-state index contributed by atoms with van der Waals surface area (Å²) in [5.41, 5.74) is 1.65. The third-order valence-corrected chi connectivity index (χ3v) is 2.05. The van der Waals surface area contributed by atoms with Crippen molar-refractivity contribution in [2.45, 2.75) is 6.42 Å². The molecule has 1 radical (unpaired) electrons. The van der Waals surface area contributed by atoms with Crippen molar-refractivity contribution in [3.05, 3.63) is 59.9 Å². The summed E-state index contributed by atoms with van der Waals surface area (Å²) in [6.07, 6.45) is 4.93. The molecule has 1 N–H and O–H groups in total. The molecule has 0 aliphatic rings. The molecule has 2 nitrogen and oxygen atoms in total. The lowest BCUT2D eigenvalue weighted by molar-refractivity contribution is 0.0993. The van der Waals surface area contributed by atoms with Crippen molar-refractivity contribution in [1.29, 1.82) is 0 Å². The predicted octanol–water partition coefficient (Wildman–Crippen LogP) is 2.24. The van der Waals surface area contributed by atoms with Crippen molar-refractivity contribution < 1.29 is 4.79 Å². The summed E-state index contributed by atoms with van der Waals surface area (Å²) in [6, 6.07) is 11.4. The molecule has 1 aromatic heterocycles. The van der Waals surface area contributed by atoms with Crippen LogP contribution in [0.2, 0.25) is 0 Å². The van der Waals surface area contributed by atoms with Crippen LogP contribution in [-0.2, 0) is 6.42 Å². The van der Waals surface area contributed by atoms with Gasteiger partial charge in [-0.05, 0) is 11.6 Å². The summed E-state index contributed by atoms with van der Waals surface area (Å²) in [7, 11) is 0. The van der Waals surface area contributed by atoms with Gasteiger partial charge in [-0.3, -0.25) is 4.79 Å². The lowest BCUT2D eigenvalue weighted by Gasteiger charge is -1.97. The summed E-state index contributed by atoms with van der Waals surface area (Å²) >= 11 is 0. The van der Waals surface area contributed by atoms with Crippen LogP contribution >= 0.6 is 0 Å². The van der Waals surface area contributed by atoms with Crippen LogP contribution < -0.4 is 0 Å². The Morgan fingerprint density at radius 1 is 1.21 bits per heavy atom. The van der Waals surface area contributed by atoms with Crippen molar-refractivity contribution in [1.82, 2.24) is 4.98 Å². The molecule has 69 valence electrons. The van der Waals surface area contributed by atoms with Crippen LogP contribution in [0.25, 0.3) is 0 Å². The zero-order valence-electron chi connectivity index (χ0n) is 7.66. The maximum absolute atomic E-state index is 11.6. The van der Waals surface area contributed by atoms with Crippen LogP contribution in [0.4, 0.5) is 0 Å². The van der Waals surface area contributed by atoms with E-state index in [-0.39, 0.29) is 5.78 Å². The molecule has 2 aromatic rings. The molecule has 2 heteroatoms. The quantitative estimate of drug-likeness (QED) is 0.729. The second-order valence-corrected chi connectivity index (χ2v) is 3.10. The fourth-order valence-electron chi connectivity index (χ4n) is 1.33. The van der Waals surface area contributed by atoms with Gasteiger partial charge >= 0.3 is 0 Å². The molecule has 0 unspecified atom stereocenters. The first-order chi connectivity index (χ1) is 6.86. The first-order valence-electron chi connectivity index (χ1n) is 4.48. The van der Waals surface area contributed by atoms with Crippen LogP contribution in [-0.4, -0.2) is 10.8 Å². The molecule has 0 saturated heterocycles. The third kappa shape index (κ3) is 1.91. The highest BCUT2D eigenvalue weighted by atomic mass is 16.1. The van der Waals surface area contributed by atoms with E-state index in [0.717, 1.165) is 5.56 Å². The molecule has 0 saturated carbocycles. The highest BCUT2D eigenvalue weighted by Crippen LogP contribution is 2.05. The van der Waals surface area contributed by atoms with Gasteiger partial charge in [0.1, 0.15) is 0 Å². The average molecular weight is 184 g/mol. The number of hydrogen-bond donors (Lipinski definition) is 1. The zero-order valence-corrected chi connectivity index (χ0v) is 7.66. The average Bonchev–Trinajstić information content (AvgIpc) is 2.72. The third-order valence-electron chi connectivity index (χ3n) is 2.05. The van der Waals surface area contributed by atoms with Crippen LogP contribution in [0.15, 0.2) is 42.6 Å². The van der Waals surface area contributed by atoms with Gasteiger partial charge in [-0.25, -0.2) is 0 Å². The van der Waals surface area contributed by atoms with E-state index in [9.17, 15) is 4.79 Å².